The first-order valence-electron chi connectivity index (χ1n) is 6.88. The maximum atomic E-state index is 12.3. The van der Waals surface area contributed by atoms with Crippen molar-refractivity contribution in [1.29, 1.82) is 0 Å². The molecule has 2 amide bonds. The zero-order valence-corrected chi connectivity index (χ0v) is 11.4. The summed E-state index contributed by atoms with van der Waals surface area (Å²) in [6.07, 6.45) is 4.03. The van der Waals surface area contributed by atoms with Crippen LogP contribution in [0.2, 0.25) is 0 Å². The maximum Gasteiger partial charge on any atom is 0.242 e. The minimum atomic E-state index is -0.535. The Morgan fingerprint density at radius 1 is 1.44 bits per heavy atom. The lowest BCUT2D eigenvalue weighted by Crippen LogP contribution is -2.52. The van der Waals surface area contributed by atoms with E-state index in [1.54, 1.807) is 0 Å². The molecule has 0 aliphatic carbocycles. The highest BCUT2D eigenvalue weighted by atomic mass is 16.2. The third kappa shape index (κ3) is 3.22. The van der Waals surface area contributed by atoms with Gasteiger partial charge in [-0.15, -0.1) is 0 Å². The van der Waals surface area contributed by atoms with Gasteiger partial charge < -0.3 is 16.4 Å². The van der Waals surface area contributed by atoms with E-state index in [0.29, 0.717) is 32.4 Å². The molecule has 1 atom stereocenters. The molecule has 104 valence electrons. The van der Waals surface area contributed by atoms with Gasteiger partial charge in [-0.2, -0.15) is 0 Å². The molecule has 0 aromatic heterocycles. The average Bonchev–Trinajstić information content (AvgIpc) is 2.58. The molecular formula is C13H25N3O2. The van der Waals surface area contributed by atoms with Crippen molar-refractivity contribution in [2.75, 3.05) is 13.1 Å². The van der Waals surface area contributed by atoms with Gasteiger partial charge in [-0.25, -0.2) is 0 Å². The van der Waals surface area contributed by atoms with Gasteiger partial charge in [0.05, 0.1) is 5.41 Å². The smallest absolute Gasteiger partial charge is 0.242 e. The third-order valence-electron chi connectivity index (χ3n) is 4.07. The lowest BCUT2D eigenvalue weighted by molar-refractivity contribution is -0.135. The molecule has 1 aliphatic heterocycles. The van der Waals surface area contributed by atoms with Gasteiger partial charge in [0.2, 0.25) is 11.8 Å². The summed E-state index contributed by atoms with van der Waals surface area (Å²) >= 11 is 0. The first-order chi connectivity index (χ1) is 8.59. The van der Waals surface area contributed by atoms with Crippen molar-refractivity contribution in [3.8, 4) is 0 Å². The van der Waals surface area contributed by atoms with Crippen LogP contribution in [0.1, 0.15) is 46.0 Å². The Morgan fingerprint density at radius 2 is 2.11 bits per heavy atom. The van der Waals surface area contributed by atoms with E-state index in [4.69, 9.17) is 5.73 Å². The molecule has 0 radical (unpaired) electrons. The second-order valence-corrected chi connectivity index (χ2v) is 5.00. The number of carbonyl (C=O) groups is 2. The highest BCUT2D eigenvalue weighted by Crippen LogP contribution is 2.25. The van der Waals surface area contributed by atoms with Crippen LogP contribution in [-0.4, -0.2) is 30.9 Å². The summed E-state index contributed by atoms with van der Waals surface area (Å²) < 4.78 is 0. The fraction of sp³-hybridized carbons (Fsp3) is 0.846. The molecule has 1 heterocycles. The number of amides is 2. The number of nitrogens with one attached hydrogen (secondary N) is 2. The number of rotatable bonds is 5. The minimum Gasteiger partial charge on any atom is -0.354 e. The topological polar surface area (TPSA) is 84.2 Å². The van der Waals surface area contributed by atoms with Crippen LogP contribution in [0.15, 0.2) is 0 Å². The van der Waals surface area contributed by atoms with Gasteiger partial charge in [0.1, 0.15) is 6.04 Å². The molecule has 5 nitrogen and oxygen atoms in total. The molecule has 5 heteroatoms. The summed E-state index contributed by atoms with van der Waals surface area (Å²) in [5.74, 6) is -0.156. The van der Waals surface area contributed by atoms with Gasteiger partial charge in [-0.1, -0.05) is 13.8 Å². The van der Waals surface area contributed by atoms with Crippen molar-refractivity contribution in [2.45, 2.75) is 52.0 Å². The van der Waals surface area contributed by atoms with Gasteiger partial charge in [-0.3, -0.25) is 9.59 Å². The second kappa shape index (κ2) is 6.73. The molecule has 1 unspecified atom stereocenters. The summed E-state index contributed by atoms with van der Waals surface area (Å²) in [7, 11) is 0. The Kier molecular flexibility index (Phi) is 5.59. The minimum absolute atomic E-state index is 0.0704. The van der Waals surface area contributed by atoms with Gasteiger partial charge in [-0.05, 0) is 32.1 Å². The van der Waals surface area contributed by atoms with E-state index in [-0.39, 0.29) is 11.8 Å². The molecule has 0 spiro atoms. The Hall–Kier alpha value is -1.10. The van der Waals surface area contributed by atoms with Gasteiger partial charge in [0.25, 0.3) is 0 Å². The molecule has 1 rings (SSSR count). The largest absolute Gasteiger partial charge is 0.354 e. The highest BCUT2D eigenvalue weighted by Gasteiger charge is 2.35. The van der Waals surface area contributed by atoms with Crippen LogP contribution in [0.25, 0.3) is 0 Å². The molecule has 18 heavy (non-hydrogen) atoms. The van der Waals surface area contributed by atoms with Crippen molar-refractivity contribution < 1.29 is 9.59 Å². The Bertz CT molecular complexity index is 292. The molecule has 0 saturated carbocycles. The number of hydrogen-bond donors (Lipinski definition) is 3. The van der Waals surface area contributed by atoms with Crippen LogP contribution in [0, 0.1) is 5.41 Å². The number of hydrogen-bond acceptors (Lipinski definition) is 3. The molecule has 4 N–H and O–H groups in total. The highest BCUT2D eigenvalue weighted by molar-refractivity contribution is 5.90. The summed E-state index contributed by atoms with van der Waals surface area (Å²) in [6, 6.07) is -0.399. The van der Waals surface area contributed by atoms with E-state index >= 15 is 0 Å². The van der Waals surface area contributed by atoms with Crippen LogP contribution >= 0.6 is 0 Å². The van der Waals surface area contributed by atoms with Crippen molar-refractivity contribution in [3.63, 3.8) is 0 Å². The van der Waals surface area contributed by atoms with Crippen molar-refractivity contribution in [1.82, 2.24) is 10.6 Å². The van der Waals surface area contributed by atoms with E-state index in [2.05, 4.69) is 10.6 Å². The zero-order valence-electron chi connectivity index (χ0n) is 11.4. The quantitative estimate of drug-likeness (QED) is 0.670. The lowest BCUT2D eigenvalue weighted by Gasteiger charge is -2.30. The zero-order chi connectivity index (χ0) is 13.6. The summed E-state index contributed by atoms with van der Waals surface area (Å²) in [4.78, 5) is 24.1. The predicted octanol–water partition coefficient (Wildman–Crippen LogP) is 0.536. The molecule has 1 saturated heterocycles. The van der Waals surface area contributed by atoms with E-state index in [1.807, 2.05) is 13.8 Å². The van der Waals surface area contributed by atoms with E-state index < -0.39 is 11.5 Å². The fourth-order valence-corrected chi connectivity index (χ4v) is 2.34. The van der Waals surface area contributed by atoms with E-state index in [9.17, 15) is 9.59 Å². The SMILES string of the molecule is CCC(CC)(CN)C(=O)NC1CCCCNC1=O. The first kappa shape index (κ1) is 15.0. The van der Waals surface area contributed by atoms with Crippen LogP contribution in [0.4, 0.5) is 0 Å². The summed E-state index contributed by atoms with van der Waals surface area (Å²) in [5, 5.41) is 5.69. The molecule has 0 aromatic carbocycles. The number of carbonyl (C=O) groups excluding carboxylic acids is 2. The van der Waals surface area contributed by atoms with Crippen LogP contribution in [0.5, 0.6) is 0 Å². The maximum absolute atomic E-state index is 12.3. The lowest BCUT2D eigenvalue weighted by atomic mass is 9.81. The van der Waals surface area contributed by atoms with E-state index in [1.165, 1.54) is 0 Å². The molecular weight excluding hydrogens is 230 g/mol. The molecule has 0 aromatic rings. The summed E-state index contributed by atoms with van der Waals surface area (Å²) in [5.41, 5.74) is 5.20. The predicted molar refractivity (Wildman–Crippen MR) is 70.9 cm³/mol. The van der Waals surface area contributed by atoms with Crippen LogP contribution < -0.4 is 16.4 Å². The van der Waals surface area contributed by atoms with Crippen molar-refractivity contribution in [2.24, 2.45) is 11.1 Å². The molecule has 1 aliphatic rings. The van der Waals surface area contributed by atoms with E-state index in [0.717, 1.165) is 12.8 Å². The Morgan fingerprint density at radius 3 is 2.67 bits per heavy atom. The first-order valence-corrected chi connectivity index (χ1v) is 6.88. The van der Waals surface area contributed by atoms with Gasteiger partial charge in [0.15, 0.2) is 0 Å². The Labute approximate surface area is 109 Å². The third-order valence-corrected chi connectivity index (χ3v) is 4.07. The van der Waals surface area contributed by atoms with Crippen LogP contribution in [-0.2, 0) is 9.59 Å². The monoisotopic (exact) mass is 255 g/mol. The van der Waals surface area contributed by atoms with Gasteiger partial charge in [0, 0.05) is 13.1 Å². The van der Waals surface area contributed by atoms with Crippen LogP contribution in [0.3, 0.4) is 0 Å². The molecule has 1 fully saturated rings. The average molecular weight is 255 g/mol. The standard InChI is InChI=1S/C13H25N3O2/c1-3-13(4-2,9-14)12(18)16-10-7-5-6-8-15-11(10)17/h10H,3-9,14H2,1-2H3,(H,15,17)(H,16,18). The molecule has 0 bridgehead atoms. The van der Waals surface area contributed by atoms with Gasteiger partial charge >= 0.3 is 0 Å². The number of nitrogens with two attached hydrogens (primary N) is 1. The fourth-order valence-electron chi connectivity index (χ4n) is 2.34. The van der Waals surface area contributed by atoms with Crippen molar-refractivity contribution in [3.05, 3.63) is 0 Å². The normalized spacial score (nSPS) is 21.1. The van der Waals surface area contributed by atoms with Crippen molar-refractivity contribution >= 4 is 11.8 Å². The second-order valence-electron chi connectivity index (χ2n) is 5.00. The Balaban J connectivity index is 2.69. The summed E-state index contributed by atoms with van der Waals surface area (Å²) in [6.45, 7) is 4.95.